The van der Waals surface area contributed by atoms with Crippen LogP contribution < -0.4 is 10.6 Å². The molecule has 0 spiro atoms. The lowest BCUT2D eigenvalue weighted by molar-refractivity contribution is -0.384. The lowest BCUT2D eigenvalue weighted by Crippen LogP contribution is -2.25. The number of carbonyl (C=O) groups is 2. The Morgan fingerprint density at radius 2 is 2.26 bits per heavy atom. The number of aryl methyl sites for hydroxylation is 1. The van der Waals surface area contributed by atoms with Crippen molar-refractivity contribution in [2.75, 3.05) is 11.9 Å². The summed E-state index contributed by atoms with van der Waals surface area (Å²) in [7, 11) is 0. The van der Waals surface area contributed by atoms with Gasteiger partial charge >= 0.3 is 0 Å². The van der Waals surface area contributed by atoms with E-state index in [0.717, 1.165) is 5.56 Å². The molecule has 1 unspecified atom stereocenters. The first-order valence-corrected chi connectivity index (χ1v) is 5.80. The van der Waals surface area contributed by atoms with Crippen LogP contribution in [0, 0.1) is 23.0 Å². The monoisotopic (exact) mass is 263 g/mol. The number of hydrogen-bond donors (Lipinski definition) is 2. The van der Waals surface area contributed by atoms with E-state index in [2.05, 4.69) is 10.6 Å². The van der Waals surface area contributed by atoms with Crippen LogP contribution in [0.4, 0.5) is 11.4 Å². The molecule has 0 saturated carbocycles. The maximum atomic E-state index is 11.9. The van der Waals surface area contributed by atoms with E-state index in [9.17, 15) is 19.7 Å². The predicted molar refractivity (Wildman–Crippen MR) is 67.6 cm³/mol. The van der Waals surface area contributed by atoms with Crippen molar-refractivity contribution in [1.82, 2.24) is 5.32 Å². The van der Waals surface area contributed by atoms with E-state index in [-0.39, 0.29) is 36.2 Å². The first-order chi connectivity index (χ1) is 8.97. The topological polar surface area (TPSA) is 101 Å². The minimum Gasteiger partial charge on any atom is -0.355 e. The molecule has 1 fully saturated rings. The molecule has 2 amide bonds. The molecular formula is C12H13N3O4. The normalized spacial score (nSPS) is 17.9. The van der Waals surface area contributed by atoms with Crippen LogP contribution >= 0.6 is 0 Å². The van der Waals surface area contributed by atoms with E-state index in [1.54, 1.807) is 13.0 Å². The van der Waals surface area contributed by atoms with Crippen molar-refractivity contribution in [2.45, 2.75) is 13.3 Å². The molecule has 2 rings (SSSR count). The molecule has 2 N–H and O–H groups in total. The SMILES string of the molecule is Cc1ccc(NC(=O)C2CNC(=O)C2)c([N+](=O)[O-])c1. The summed E-state index contributed by atoms with van der Waals surface area (Å²) in [4.78, 5) is 33.3. The third-order valence-electron chi connectivity index (χ3n) is 2.96. The van der Waals surface area contributed by atoms with E-state index in [0.29, 0.717) is 0 Å². The molecule has 1 aromatic rings. The molecule has 100 valence electrons. The van der Waals surface area contributed by atoms with Gasteiger partial charge in [0.1, 0.15) is 5.69 Å². The van der Waals surface area contributed by atoms with Gasteiger partial charge in [-0.3, -0.25) is 19.7 Å². The second-order valence-corrected chi connectivity index (χ2v) is 4.47. The first kappa shape index (κ1) is 13.0. The van der Waals surface area contributed by atoms with Crippen molar-refractivity contribution in [3.05, 3.63) is 33.9 Å². The maximum absolute atomic E-state index is 11.9. The zero-order valence-electron chi connectivity index (χ0n) is 10.3. The summed E-state index contributed by atoms with van der Waals surface area (Å²) in [6, 6.07) is 4.57. The summed E-state index contributed by atoms with van der Waals surface area (Å²) in [5.41, 5.74) is 0.744. The van der Waals surface area contributed by atoms with Crippen LogP contribution in [-0.2, 0) is 9.59 Å². The quantitative estimate of drug-likeness (QED) is 0.626. The number of amides is 2. The molecule has 1 atom stereocenters. The van der Waals surface area contributed by atoms with Crippen molar-refractivity contribution >= 4 is 23.2 Å². The minimum atomic E-state index is -0.541. The molecule has 1 saturated heterocycles. The van der Waals surface area contributed by atoms with Crippen molar-refractivity contribution < 1.29 is 14.5 Å². The summed E-state index contributed by atoms with van der Waals surface area (Å²) in [6.45, 7) is 2.00. The highest BCUT2D eigenvalue weighted by molar-refractivity contribution is 5.98. The Bertz CT molecular complexity index is 556. The first-order valence-electron chi connectivity index (χ1n) is 5.80. The summed E-state index contributed by atoms with van der Waals surface area (Å²) in [5, 5.41) is 16.0. The van der Waals surface area contributed by atoms with Gasteiger partial charge in [-0.2, -0.15) is 0 Å². The highest BCUT2D eigenvalue weighted by Gasteiger charge is 2.29. The number of anilines is 1. The third kappa shape index (κ3) is 2.87. The van der Waals surface area contributed by atoms with Gasteiger partial charge in [-0.15, -0.1) is 0 Å². The summed E-state index contributed by atoms with van der Waals surface area (Å²) >= 11 is 0. The molecule has 19 heavy (non-hydrogen) atoms. The number of rotatable bonds is 3. The molecule has 0 bridgehead atoms. The Balaban J connectivity index is 2.17. The fraction of sp³-hybridized carbons (Fsp3) is 0.333. The van der Waals surface area contributed by atoms with E-state index in [4.69, 9.17) is 0 Å². The fourth-order valence-corrected chi connectivity index (χ4v) is 1.92. The second-order valence-electron chi connectivity index (χ2n) is 4.47. The molecule has 7 nitrogen and oxygen atoms in total. The smallest absolute Gasteiger partial charge is 0.293 e. The molecule has 7 heteroatoms. The van der Waals surface area contributed by atoms with Gasteiger partial charge in [0, 0.05) is 19.0 Å². The summed E-state index contributed by atoms with van der Waals surface area (Å²) < 4.78 is 0. The molecule has 1 aliphatic heterocycles. The maximum Gasteiger partial charge on any atom is 0.293 e. The average Bonchev–Trinajstić information content (AvgIpc) is 2.78. The number of nitro groups is 1. The fourth-order valence-electron chi connectivity index (χ4n) is 1.92. The van der Waals surface area contributed by atoms with Crippen LogP contribution in [0.15, 0.2) is 18.2 Å². The van der Waals surface area contributed by atoms with Gasteiger partial charge in [-0.25, -0.2) is 0 Å². The van der Waals surface area contributed by atoms with Crippen LogP contribution in [0.5, 0.6) is 0 Å². The molecule has 0 aliphatic carbocycles. The van der Waals surface area contributed by atoms with Gasteiger partial charge in [0.2, 0.25) is 11.8 Å². The van der Waals surface area contributed by atoms with Crippen LogP contribution in [0.2, 0.25) is 0 Å². The van der Waals surface area contributed by atoms with E-state index < -0.39 is 10.8 Å². The van der Waals surface area contributed by atoms with E-state index in [1.165, 1.54) is 12.1 Å². The van der Waals surface area contributed by atoms with Gasteiger partial charge in [-0.1, -0.05) is 6.07 Å². The van der Waals surface area contributed by atoms with Crippen LogP contribution in [-0.4, -0.2) is 23.3 Å². The number of nitrogens with one attached hydrogen (secondary N) is 2. The highest BCUT2D eigenvalue weighted by atomic mass is 16.6. The average molecular weight is 263 g/mol. The zero-order valence-corrected chi connectivity index (χ0v) is 10.3. The molecule has 0 aromatic heterocycles. The van der Waals surface area contributed by atoms with Crippen molar-refractivity contribution in [3.8, 4) is 0 Å². The van der Waals surface area contributed by atoms with E-state index in [1.807, 2.05) is 0 Å². The van der Waals surface area contributed by atoms with Gasteiger partial charge < -0.3 is 10.6 Å². The van der Waals surface area contributed by atoms with Crippen molar-refractivity contribution in [1.29, 1.82) is 0 Å². The van der Waals surface area contributed by atoms with E-state index >= 15 is 0 Å². The predicted octanol–water partition coefficient (Wildman–Crippen LogP) is 0.978. The summed E-state index contributed by atoms with van der Waals surface area (Å²) in [5.74, 6) is -1.04. The van der Waals surface area contributed by atoms with Crippen LogP contribution in [0.25, 0.3) is 0 Å². The van der Waals surface area contributed by atoms with Gasteiger partial charge in [0.15, 0.2) is 0 Å². The van der Waals surface area contributed by atoms with Crippen molar-refractivity contribution in [2.24, 2.45) is 5.92 Å². The Labute approximate surface area is 109 Å². The van der Waals surface area contributed by atoms with Gasteiger partial charge in [-0.05, 0) is 18.6 Å². The van der Waals surface area contributed by atoms with Crippen LogP contribution in [0.1, 0.15) is 12.0 Å². The number of carbonyl (C=O) groups excluding carboxylic acids is 2. The molecular weight excluding hydrogens is 250 g/mol. The van der Waals surface area contributed by atoms with Gasteiger partial charge in [0.05, 0.1) is 10.8 Å². The zero-order chi connectivity index (χ0) is 14.0. The standard InChI is InChI=1S/C12H13N3O4/c1-7-2-3-9(10(4-7)15(18)19)14-12(17)8-5-11(16)13-6-8/h2-4,8H,5-6H2,1H3,(H,13,16)(H,14,17). The van der Waals surface area contributed by atoms with Gasteiger partial charge in [0.25, 0.3) is 5.69 Å². The molecule has 0 radical (unpaired) electrons. The number of nitrogens with zero attached hydrogens (tertiary/aromatic N) is 1. The largest absolute Gasteiger partial charge is 0.355 e. The Morgan fingerprint density at radius 1 is 1.53 bits per heavy atom. The third-order valence-corrected chi connectivity index (χ3v) is 2.96. The lowest BCUT2D eigenvalue weighted by Gasteiger charge is -2.09. The highest BCUT2D eigenvalue weighted by Crippen LogP contribution is 2.26. The Kier molecular flexibility index (Phi) is 3.46. The Morgan fingerprint density at radius 3 is 2.84 bits per heavy atom. The lowest BCUT2D eigenvalue weighted by atomic mass is 10.1. The molecule has 1 heterocycles. The number of nitro benzene ring substituents is 1. The van der Waals surface area contributed by atoms with Crippen LogP contribution in [0.3, 0.4) is 0 Å². The Hall–Kier alpha value is -2.44. The number of hydrogen-bond acceptors (Lipinski definition) is 4. The minimum absolute atomic E-state index is 0.117. The molecule has 1 aliphatic rings. The molecule has 1 aromatic carbocycles. The van der Waals surface area contributed by atoms with Crippen molar-refractivity contribution in [3.63, 3.8) is 0 Å². The number of benzene rings is 1. The second kappa shape index (κ2) is 5.05. The summed E-state index contributed by atoms with van der Waals surface area (Å²) in [6.07, 6.45) is 0.117.